The number of hydrogen-bond acceptors (Lipinski definition) is 4. The van der Waals surface area contributed by atoms with Crippen molar-refractivity contribution in [2.45, 2.75) is 13.0 Å². The lowest BCUT2D eigenvalue weighted by Gasteiger charge is -2.27. The molecule has 0 spiro atoms. The van der Waals surface area contributed by atoms with Crippen LogP contribution in [0.5, 0.6) is 0 Å². The molecule has 0 saturated carbocycles. The fraction of sp³-hybridized carbons (Fsp3) is 0.500. The van der Waals surface area contributed by atoms with Crippen LogP contribution in [0.2, 0.25) is 0 Å². The number of para-hydroxylation sites is 1. The van der Waals surface area contributed by atoms with Crippen LogP contribution in [0.25, 0.3) is 0 Å². The third-order valence-corrected chi connectivity index (χ3v) is 4.10. The summed E-state index contributed by atoms with van der Waals surface area (Å²) in [6, 6.07) is 8.02. The summed E-state index contributed by atoms with van der Waals surface area (Å²) >= 11 is 2.01. The third-order valence-electron chi connectivity index (χ3n) is 3.16. The lowest BCUT2D eigenvalue weighted by Crippen LogP contribution is -2.32. The highest BCUT2D eigenvalue weighted by molar-refractivity contribution is 7.99. The second-order valence-electron chi connectivity index (χ2n) is 4.63. The number of nitrogens with one attached hydrogen (secondary N) is 1. The zero-order valence-electron chi connectivity index (χ0n) is 11.1. The van der Waals surface area contributed by atoms with Gasteiger partial charge in [-0.25, -0.2) is 0 Å². The average Bonchev–Trinajstić information content (AvgIpc) is 2.42. The second kappa shape index (κ2) is 7.53. The van der Waals surface area contributed by atoms with Crippen molar-refractivity contribution in [3.05, 3.63) is 29.8 Å². The lowest BCUT2D eigenvalue weighted by molar-refractivity contribution is -0.116. The van der Waals surface area contributed by atoms with Crippen molar-refractivity contribution < 1.29 is 4.79 Å². The summed E-state index contributed by atoms with van der Waals surface area (Å²) in [4.78, 5) is 14.1. The molecule has 0 radical (unpaired) electrons. The van der Waals surface area contributed by atoms with Crippen LogP contribution in [-0.4, -0.2) is 41.9 Å². The van der Waals surface area contributed by atoms with Crippen molar-refractivity contribution in [1.29, 1.82) is 0 Å². The van der Waals surface area contributed by atoms with E-state index >= 15 is 0 Å². The van der Waals surface area contributed by atoms with Crippen molar-refractivity contribution in [2.75, 3.05) is 36.5 Å². The number of nitrogens with two attached hydrogens (primary N) is 1. The Hall–Kier alpha value is -1.04. The van der Waals surface area contributed by atoms with E-state index < -0.39 is 0 Å². The van der Waals surface area contributed by atoms with Gasteiger partial charge < -0.3 is 11.1 Å². The first kappa shape index (κ1) is 14.4. The van der Waals surface area contributed by atoms with E-state index in [0.29, 0.717) is 13.0 Å². The molecule has 0 atom stereocenters. The van der Waals surface area contributed by atoms with E-state index in [1.165, 1.54) is 17.1 Å². The number of hydrogen-bond donors (Lipinski definition) is 2. The lowest BCUT2D eigenvalue weighted by atomic mass is 10.1. The maximum absolute atomic E-state index is 11.6. The van der Waals surface area contributed by atoms with Gasteiger partial charge >= 0.3 is 0 Å². The number of nitrogens with zero attached hydrogens (tertiary/aromatic N) is 1. The number of benzene rings is 1. The molecular formula is C14H21N3OS. The van der Waals surface area contributed by atoms with E-state index in [-0.39, 0.29) is 5.91 Å². The van der Waals surface area contributed by atoms with Crippen molar-refractivity contribution in [3.63, 3.8) is 0 Å². The first-order valence-electron chi connectivity index (χ1n) is 6.67. The molecule has 1 aliphatic heterocycles. The molecule has 5 heteroatoms. The number of rotatable bonds is 5. The molecule has 1 aromatic carbocycles. The minimum atomic E-state index is -0.0100. The molecule has 2 rings (SSSR count). The Bertz CT molecular complexity index is 419. The van der Waals surface area contributed by atoms with Gasteiger partial charge in [0.1, 0.15) is 0 Å². The summed E-state index contributed by atoms with van der Waals surface area (Å²) in [5.74, 6) is 2.38. The molecule has 3 N–H and O–H groups in total. The van der Waals surface area contributed by atoms with E-state index in [1.807, 2.05) is 30.0 Å². The van der Waals surface area contributed by atoms with Gasteiger partial charge in [-0.3, -0.25) is 9.69 Å². The Labute approximate surface area is 118 Å². The summed E-state index contributed by atoms with van der Waals surface area (Å²) in [5, 5.41) is 2.95. The van der Waals surface area contributed by atoms with Crippen LogP contribution in [0.3, 0.4) is 0 Å². The van der Waals surface area contributed by atoms with Crippen LogP contribution in [0.4, 0.5) is 5.69 Å². The predicted molar refractivity (Wildman–Crippen MR) is 81.3 cm³/mol. The molecule has 1 aliphatic rings. The van der Waals surface area contributed by atoms with Crippen LogP contribution in [0.1, 0.15) is 12.0 Å². The summed E-state index contributed by atoms with van der Waals surface area (Å²) in [6.45, 7) is 3.53. The quantitative estimate of drug-likeness (QED) is 0.858. The van der Waals surface area contributed by atoms with Gasteiger partial charge in [-0.15, -0.1) is 0 Å². The van der Waals surface area contributed by atoms with Crippen LogP contribution < -0.4 is 11.1 Å². The van der Waals surface area contributed by atoms with E-state index in [0.717, 1.165) is 25.3 Å². The molecule has 1 fully saturated rings. The summed E-state index contributed by atoms with van der Waals surface area (Å²) in [7, 11) is 0. The van der Waals surface area contributed by atoms with Gasteiger partial charge in [-0.05, 0) is 11.6 Å². The SMILES string of the molecule is NCCC(=O)Nc1ccccc1CN1CCSCC1. The van der Waals surface area contributed by atoms with Gasteiger partial charge in [0, 0.05) is 49.8 Å². The topological polar surface area (TPSA) is 58.4 Å². The average molecular weight is 279 g/mol. The molecule has 1 amide bonds. The minimum absolute atomic E-state index is 0.0100. The third kappa shape index (κ3) is 4.53. The van der Waals surface area contributed by atoms with Crippen molar-refractivity contribution in [3.8, 4) is 0 Å². The van der Waals surface area contributed by atoms with E-state index in [4.69, 9.17) is 5.73 Å². The Kier molecular flexibility index (Phi) is 5.69. The molecule has 4 nitrogen and oxygen atoms in total. The minimum Gasteiger partial charge on any atom is -0.330 e. The summed E-state index contributed by atoms with van der Waals surface area (Å²) < 4.78 is 0. The smallest absolute Gasteiger partial charge is 0.225 e. The van der Waals surface area contributed by atoms with E-state index in [2.05, 4.69) is 16.3 Å². The number of carbonyl (C=O) groups excluding carboxylic acids is 1. The van der Waals surface area contributed by atoms with Crippen molar-refractivity contribution in [1.82, 2.24) is 4.90 Å². The fourth-order valence-corrected chi connectivity index (χ4v) is 3.10. The van der Waals surface area contributed by atoms with Crippen LogP contribution in [0, 0.1) is 0 Å². The van der Waals surface area contributed by atoms with Gasteiger partial charge in [-0.2, -0.15) is 11.8 Å². The Balaban J connectivity index is 2.00. The first-order valence-corrected chi connectivity index (χ1v) is 7.83. The van der Waals surface area contributed by atoms with Gasteiger partial charge in [0.05, 0.1) is 0 Å². The molecular weight excluding hydrogens is 258 g/mol. The van der Waals surface area contributed by atoms with Crippen molar-refractivity contribution >= 4 is 23.4 Å². The molecule has 1 saturated heterocycles. The second-order valence-corrected chi connectivity index (χ2v) is 5.86. The molecule has 0 bridgehead atoms. The number of thioether (sulfide) groups is 1. The largest absolute Gasteiger partial charge is 0.330 e. The molecule has 1 aromatic rings. The Morgan fingerprint density at radius 2 is 2.05 bits per heavy atom. The predicted octanol–water partition coefficient (Wildman–Crippen LogP) is 1.52. The molecule has 0 aromatic heterocycles. The number of carbonyl (C=O) groups is 1. The molecule has 0 aliphatic carbocycles. The van der Waals surface area contributed by atoms with E-state index in [1.54, 1.807) is 0 Å². The van der Waals surface area contributed by atoms with Gasteiger partial charge in [0.2, 0.25) is 5.91 Å². The zero-order chi connectivity index (χ0) is 13.5. The maximum Gasteiger partial charge on any atom is 0.225 e. The summed E-state index contributed by atoms with van der Waals surface area (Å²) in [5.41, 5.74) is 7.50. The highest BCUT2D eigenvalue weighted by Gasteiger charge is 2.13. The zero-order valence-corrected chi connectivity index (χ0v) is 11.9. The Morgan fingerprint density at radius 3 is 2.79 bits per heavy atom. The highest BCUT2D eigenvalue weighted by atomic mass is 32.2. The van der Waals surface area contributed by atoms with Crippen LogP contribution in [0.15, 0.2) is 24.3 Å². The molecule has 19 heavy (non-hydrogen) atoms. The summed E-state index contributed by atoms with van der Waals surface area (Å²) in [6.07, 6.45) is 0.370. The van der Waals surface area contributed by atoms with Crippen LogP contribution >= 0.6 is 11.8 Å². The number of amides is 1. The fourth-order valence-electron chi connectivity index (χ4n) is 2.12. The van der Waals surface area contributed by atoms with E-state index in [9.17, 15) is 4.79 Å². The normalized spacial score (nSPS) is 16.3. The Morgan fingerprint density at radius 1 is 1.32 bits per heavy atom. The maximum atomic E-state index is 11.6. The molecule has 1 heterocycles. The van der Waals surface area contributed by atoms with Crippen LogP contribution in [-0.2, 0) is 11.3 Å². The molecule has 0 unspecified atom stereocenters. The standard InChI is InChI=1S/C14H21N3OS/c15-6-5-14(18)16-13-4-2-1-3-12(13)11-17-7-9-19-10-8-17/h1-4H,5-11,15H2,(H,16,18). The van der Waals surface area contributed by atoms with Gasteiger partial charge in [0.15, 0.2) is 0 Å². The molecule has 104 valence electrons. The van der Waals surface area contributed by atoms with Gasteiger partial charge in [0.25, 0.3) is 0 Å². The van der Waals surface area contributed by atoms with Gasteiger partial charge in [-0.1, -0.05) is 18.2 Å². The highest BCUT2D eigenvalue weighted by Crippen LogP contribution is 2.19. The number of anilines is 1. The first-order chi connectivity index (χ1) is 9.29. The van der Waals surface area contributed by atoms with Crippen molar-refractivity contribution in [2.24, 2.45) is 5.73 Å². The monoisotopic (exact) mass is 279 g/mol.